The van der Waals surface area contributed by atoms with Crippen LogP contribution in [0.25, 0.3) is 0 Å². The molecule has 0 heterocycles. The van der Waals surface area contributed by atoms with E-state index in [1.807, 2.05) is 0 Å². The van der Waals surface area contributed by atoms with E-state index in [0.29, 0.717) is 13.2 Å². The summed E-state index contributed by atoms with van der Waals surface area (Å²) in [5.41, 5.74) is 0. The first-order valence-electron chi connectivity index (χ1n) is 12.6. The van der Waals surface area contributed by atoms with Gasteiger partial charge >= 0.3 is 11.9 Å². The highest BCUT2D eigenvalue weighted by Gasteiger charge is 2.07. The van der Waals surface area contributed by atoms with Gasteiger partial charge in [0.2, 0.25) is 0 Å². The Morgan fingerprint density at radius 1 is 0.467 bits per heavy atom. The predicted octanol–water partition coefficient (Wildman–Crippen LogP) is 6.76. The van der Waals surface area contributed by atoms with Crippen LogP contribution in [0.4, 0.5) is 0 Å². The predicted molar refractivity (Wildman–Crippen MR) is 123 cm³/mol. The third-order valence-corrected chi connectivity index (χ3v) is 5.21. The highest BCUT2D eigenvalue weighted by atomic mass is 16.6. The average molecular weight is 429 g/mol. The summed E-state index contributed by atoms with van der Waals surface area (Å²) in [5, 5.41) is 0. The van der Waals surface area contributed by atoms with Gasteiger partial charge in [-0.15, -0.1) is 0 Å². The molecule has 30 heavy (non-hydrogen) atoms. The largest absolute Gasteiger partial charge is 0.464 e. The lowest BCUT2D eigenvalue weighted by Gasteiger charge is -2.07. The first-order chi connectivity index (χ1) is 14.7. The SMILES string of the molecule is CCCCCCCCCCCCCCCOC(=O)COCC(=O)OCCCCCC. The lowest BCUT2D eigenvalue weighted by atomic mass is 10.0. The van der Waals surface area contributed by atoms with E-state index < -0.39 is 11.9 Å². The maximum Gasteiger partial charge on any atom is 0.332 e. The second-order valence-corrected chi connectivity index (χ2v) is 8.24. The fourth-order valence-corrected chi connectivity index (χ4v) is 3.32. The summed E-state index contributed by atoms with van der Waals surface area (Å²) in [7, 11) is 0. The van der Waals surface area contributed by atoms with E-state index >= 15 is 0 Å². The Hall–Kier alpha value is -1.10. The van der Waals surface area contributed by atoms with Crippen LogP contribution in [0, 0.1) is 0 Å². The van der Waals surface area contributed by atoms with Crippen molar-refractivity contribution in [2.75, 3.05) is 26.4 Å². The number of esters is 2. The molecule has 0 N–H and O–H groups in total. The number of carbonyl (C=O) groups is 2. The molecule has 0 fully saturated rings. The van der Waals surface area contributed by atoms with Crippen LogP contribution in [0.5, 0.6) is 0 Å². The summed E-state index contributed by atoms with van der Waals surface area (Å²) in [6, 6.07) is 0. The molecule has 0 aliphatic rings. The molecule has 0 unspecified atom stereocenters. The molecule has 5 heteroatoms. The maximum atomic E-state index is 11.6. The second-order valence-electron chi connectivity index (χ2n) is 8.24. The molecule has 0 aromatic rings. The standard InChI is InChI=1S/C25H48O5/c1-3-5-7-9-10-11-12-13-14-15-16-17-19-21-30-25(27)23-28-22-24(26)29-20-18-8-6-4-2/h3-23H2,1-2H3. The van der Waals surface area contributed by atoms with E-state index in [2.05, 4.69) is 13.8 Å². The summed E-state index contributed by atoms with van der Waals surface area (Å²) in [4.78, 5) is 23.0. The lowest BCUT2D eigenvalue weighted by Crippen LogP contribution is -2.19. The molecular formula is C25H48O5. The molecule has 5 nitrogen and oxygen atoms in total. The van der Waals surface area contributed by atoms with Gasteiger partial charge in [-0.3, -0.25) is 0 Å². The number of unbranched alkanes of at least 4 members (excludes halogenated alkanes) is 15. The van der Waals surface area contributed by atoms with Gasteiger partial charge in [0.1, 0.15) is 13.2 Å². The molecule has 0 atom stereocenters. The molecule has 0 aromatic carbocycles. The van der Waals surface area contributed by atoms with E-state index in [0.717, 1.165) is 38.5 Å². The minimum atomic E-state index is -0.421. The van der Waals surface area contributed by atoms with Crippen molar-refractivity contribution in [3.05, 3.63) is 0 Å². The maximum absolute atomic E-state index is 11.6. The zero-order valence-electron chi connectivity index (χ0n) is 19.9. The lowest BCUT2D eigenvalue weighted by molar-refractivity contribution is -0.155. The minimum absolute atomic E-state index is 0.191. The fourth-order valence-electron chi connectivity index (χ4n) is 3.32. The zero-order valence-corrected chi connectivity index (χ0v) is 19.9. The number of ether oxygens (including phenoxy) is 3. The van der Waals surface area contributed by atoms with Crippen LogP contribution in [0.3, 0.4) is 0 Å². The van der Waals surface area contributed by atoms with Crippen LogP contribution in [0.1, 0.15) is 123 Å². The van der Waals surface area contributed by atoms with Crippen molar-refractivity contribution in [2.24, 2.45) is 0 Å². The summed E-state index contributed by atoms with van der Waals surface area (Å²) in [6.07, 6.45) is 21.0. The van der Waals surface area contributed by atoms with Crippen molar-refractivity contribution in [3.8, 4) is 0 Å². The van der Waals surface area contributed by atoms with Gasteiger partial charge in [-0.2, -0.15) is 0 Å². The Morgan fingerprint density at radius 2 is 0.767 bits per heavy atom. The highest BCUT2D eigenvalue weighted by Crippen LogP contribution is 2.12. The number of hydrogen-bond donors (Lipinski definition) is 0. The number of carbonyl (C=O) groups excluding carboxylic acids is 2. The van der Waals surface area contributed by atoms with Crippen molar-refractivity contribution in [2.45, 2.75) is 123 Å². The summed E-state index contributed by atoms with van der Waals surface area (Å²) in [6.45, 7) is 4.87. The van der Waals surface area contributed by atoms with Crippen LogP contribution in [0.15, 0.2) is 0 Å². The number of hydrogen-bond acceptors (Lipinski definition) is 5. The Balaban J connectivity index is 3.25. The van der Waals surface area contributed by atoms with E-state index in [-0.39, 0.29) is 13.2 Å². The van der Waals surface area contributed by atoms with E-state index in [4.69, 9.17) is 14.2 Å². The number of rotatable bonds is 23. The summed E-state index contributed by atoms with van der Waals surface area (Å²) < 4.78 is 15.2. The Bertz CT molecular complexity index is 384. The van der Waals surface area contributed by atoms with Crippen LogP contribution in [-0.2, 0) is 23.8 Å². The molecule has 0 rings (SSSR count). The third kappa shape index (κ3) is 23.2. The van der Waals surface area contributed by atoms with Crippen molar-refractivity contribution < 1.29 is 23.8 Å². The monoisotopic (exact) mass is 428 g/mol. The topological polar surface area (TPSA) is 61.8 Å². The molecule has 0 aliphatic heterocycles. The van der Waals surface area contributed by atoms with Crippen molar-refractivity contribution in [3.63, 3.8) is 0 Å². The summed E-state index contributed by atoms with van der Waals surface area (Å²) >= 11 is 0. The first-order valence-corrected chi connectivity index (χ1v) is 12.6. The molecule has 0 spiro atoms. The van der Waals surface area contributed by atoms with Gasteiger partial charge < -0.3 is 14.2 Å². The van der Waals surface area contributed by atoms with Crippen molar-refractivity contribution >= 4 is 11.9 Å². The smallest absolute Gasteiger partial charge is 0.332 e. The molecule has 0 saturated carbocycles. The normalized spacial score (nSPS) is 10.9. The molecule has 178 valence electrons. The van der Waals surface area contributed by atoms with Crippen LogP contribution in [-0.4, -0.2) is 38.4 Å². The van der Waals surface area contributed by atoms with Gasteiger partial charge in [-0.05, 0) is 12.8 Å². The van der Waals surface area contributed by atoms with E-state index in [9.17, 15) is 9.59 Å². The highest BCUT2D eigenvalue weighted by molar-refractivity contribution is 5.73. The van der Waals surface area contributed by atoms with Crippen molar-refractivity contribution in [1.82, 2.24) is 0 Å². The van der Waals surface area contributed by atoms with Gasteiger partial charge in [-0.1, -0.05) is 110 Å². The molecule has 0 aromatic heterocycles. The second kappa shape index (κ2) is 24.2. The first kappa shape index (κ1) is 28.9. The fraction of sp³-hybridized carbons (Fsp3) is 0.920. The zero-order chi connectivity index (χ0) is 22.1. The van der Waals surface area contributed by atoms with Gasteiger partial charge in [0.25, 0.3) is 0 Å². The molecule has 0 saturated heterocycles. The van der Waals surface area contributed by atoms with Crippen molar-refractivity contribution in [1.29, 1.82) is 0 Å². The van der Waals surface area contributed by atoms with Crippen LogP contribution in [0.2, 0.25) is 0 Å². The third-order valence-electron chi connectivity index (χ3n) is 5.21. The molecule has 0 radical (unpaired) electrons. The van der Waals surface area contributed by atoms with E-state index in [1.54, 1.807) is 0 Å². The molecule has 0 amide bonds. The molecule has 0 bridgehead atoms. The average Bonchev–Trinajstić information content (AvgIpc) is 2.74. The molecular weight excluding hydrogens is 380 g/mol. The van der Waals surface area contributed by atoms with Gasteiger partial charge in [-0.25, -0.2) is 9.59 Å². The Labute approximate surface area is 185 Å². The minimum Gasteiger partial charge on any atom is -0.464 e. The van der Waals surface area contributed by atoms with Crippen LogP contribution >= 0.6 is 0 Å². The van der Waals surface area contributed by atoms with Gasteiger partial charge in [0, 0.05) is 0 Å². The van der Waals surface area contributed by atoms with Gasteiger partial charge in [0.15, 0.2) is 0 Å². The Morgan fingerprint density at radius 3 is 1.13 bits per heavy atom. The Kier molecular flexibility index (Phi) is 23.3. The van der Waals surface area contributed by atoms with Gasteiger partial charge in [0.05, 0.1) is 13.2 Å². The van der Waals surface area contributed by atoms with Crippen LogP contribution < -0.4 is 0 Å². The van der Waals surface area contributed by atoms with E-state index in [1.165, 1.54) is 70.6 Å². The summed E-state index contributed by atoms with van der Waals surface area (Å²) in [5.74, 6) is -0.833. The molecule has 0 aliphatic carbocycles. The quantitative estimate of drug-likeness (QED) is 0.133.